The highest BCUT2D eigenvalue weighted by molar-refractivity contribution is 9.10. The van der Waals surface area contributed by atoms with Crippen LogP contribution in [0.5, 0.6) is 0 Å². The third-order valence-electron chi connectivity index (χ3n) is 3.38. The van der Waals surface area contributed by atoms with Gasteiger partial charge in [0.05, 0.1) is 22.9 Å². The van der Waals surface area contributed by atoms with Crippen LogP contribution in [0, 0.1) is 0 Å². The average molecular weight is 365 g/mol. The summed E-state index contributed by atoms with van der Waals surface area (Å²) in [6.07, 6.45) is 5.78. The first-order valence-corrected chi connectivity index (χ1v) is 7.80. The number of likely N-dealkylation sites (N-methyl/N-ethyl adjacent to an activating group) is 1. The van der Waals surface area contributed by atoms with Gasteiger partial charge >= 0.3 is 0 Å². The van der Waals surface area contributed by atoms with Crippen LogP contribution in [-0.4, -0.2) is 40.1 Å². The standard InChI is InChI=1S/C12H19Br2N3/c1-16(2)6-7-17-12(11(14)8-15-17)9-4-3-5-10(9)13/h8-10H,3-7H2,1-2H3. The Morgan fingerprint density at radius 3 is 2.82 bits per heavy atom. The zero-order valence-electron chi connectivity index (χ0n) is 10.4. The highest BCUT2D eigenvalue weighted by Gasteiger charge is 2.30. The predicted octanol–water partition coefficient (Wildman–Crippen LogP) is 3.24. The second-order valence-corrected chi connectivity index (χ2v) is 6.99. The van der Waals surface area contributed by atoms with E-state index in [2.05, 4.69) is 60.6 Å². The van der Waals surface area contributed by atoms with Gasteiger partial charge in [-0.2, -0.15) is 5.10 Å². The maximum absolute atomic E-state index is 4.49. The summed E-state index contributed by atoms with van der Waals surface area (Å²) < 4.78 is 3.32. The zero-order chi connectivity index (χ0) is 12.4. The van der Waals surface area contributed by atoms with E-state index in [1.807, 2.05) is 6.20 Å². The first-order valence-electron chi connectivity index (χ1n) is 6.09. The molecule has 17 heavy (non-hydrogen) atoms. The van der Waals surface area contributed by atoms with Crippen LogP contribution in [-0.2, 0) is 6.54 Å². The molecule has 0 saturated heterocycles. The molecule has 1 aliphatic carbocycles. The van der Waals surface area contributed by atoms with E-state index >= 15 is 0 Å². The van der Waals surface area contributed by atoms with Gasteiger partial charge in [0, 0.05) is 17.3 Å². The van der Waals surface area contributed by atoms with Crippen molar-refractivity contribution in [2.24, 2.45) is 0 Å². The smallest absolute Gasteiger partial charge is 0.0635 e. The Morgan fingerprint density at radius 1 is 1.47 bits per heavy atom. The first kappa shape index (κ1) is 13.6. The molecule has 1 aromatic heterocycles. The van der Waals surface area contributed by atoms with Crippen molar-refractivity contribution in [3.8, 4) is 0 Å². The fourth-order valence-electron chi connectivity index (χ4n) is 2.44. The van der Waals surface area contributed by atoms with Gasteiger partial charge in [-0.25, -0.2) is 0 Å². The molecule has 0 radical (unpaired) electrons. The van der Waals surface area contributed by atoms with Crippen LogP contribution in [0.1, 0.15) is 30.9 Å². The molecule has 2 atom stereocenters. The van der Waals surface area contributed by atoms with E-state index < -0.39 is 0 Å². The fourth-order valence-corrected chi connectivity index (χ4v) is 3.86. The SMILES string of the molecule is CN(C)CCn1ncc(Br)c1C1CCCC1Br. The minimum atomic E-state index is 0.605. The molecule has 1 aliphatic rings. The molecule has 0 aliphatic heterocycles. The summed E-state index contributed by atoms with van der Waals surface area (Å²) >= 11 is 7.45. The lowest BCUT2D eigenvalue weighted by molar-refractivity contribution is 0.366. The summed E-state index contributed by atoms with van der Waals surface area (Å²) in [5.74, 6) is 0.606. The van der Waals surface area contributed by atoms with Crippen molar-refractivity contribution in [1.29, 1.82) is 0 Å². The Hall–Kier alpha value is 0.130. The lowest BCUT2D eigenvalue weighted by Crippen LogP contribution is -2.21. The van der Waals surface area contributed by atoms with Crippen molar-refractivity contribution >= 4 is 31.9 Å². The van der Waals surface area contributed by atoms with E-state index in [1.165, 1.54) is 25.0 Å². The topological polar surface area (TPSA) is 21.1 Å². The van der Waals surface area contributed by atoms with Gasteiger partial charge in [0.2, 0.25) is 0 Å². The zero-order valence-corrected chi connectivity index (χ0v) is 13.5. The van der Waals surface area contributed by atoms with E-state index in [4.69, 9.17) is 0 Å². The van der Waals surface area contributed by atoms with Gasteiger partial charge in [0.25, 0.3) is 0 Å². The van der Waals surface area contributed by atoms with Crippen LogP contribution < -0.4 is 0 Å². The highest BCUT2D eigenvalue weighted by atomic mass is 79.9. The Morgan fingerprint density at radius 2 is 2.24 bits per heavy atom. The molecule has 0 amide bonds. The second kappa shape index (κ2) is 5.85. The first-order chi connectivity index (χ1) is 8.09. The summed E-state index contributed by atoms with van der Waals surface area (Å²) in [6, 6.07) is 0. The number of nitrogens with zero attached hydrogens (tertiary/aromatic N) is 3. The minimum Gasteiger partial charge on any atom is -0.308 e. The number of hydrogen-bond donors (Lipinski definition) is 0. The normalized spacial score (nSPS) is 24.8. The van der Waals surface area contributed by atoms with Crippen molar-refractivity contribution in [3.63, 3.8) is 0 Å². The molecule has 5 heteroatoms. The molecule has 0 bridgehead atoms. The Labute approximate surface area is 120 Å². The molecule has 1 aromatic rings. The Bertz CT molecular complexity index is 376. The number of halogens is 2. The van der Waals surface area contributed by atoms with E-state index in [1.54, 1.807) is 0 Å². The van der Waals surface area contributed by atoms with E-state index in [9.17, 15) is 0 Å². The summed E-state index contributed by atoms with van der Waals surface area (Å²) in [6.45, 7) is 1.99. The molecular formula is C12H19Br2N3. The maximum Gasteiger partial charge on any atom is 0.0635 e. The third kappa shape index (κ3) is 3.12. The summed E-state index contributed by atoms with van der Waals surface area (Å²) in [5, 5.41) is 4.49. The fraction of sp³-hybridized carbons (Fsp3) is 0.750. The molecule has 2 rings (SSSR count). The summed E-state index contributed by atoms with van der Waals surface area (Å²) in [4.78, 5) is 2.80. The lowest BCUT2D eigenvalue weighted by atomic mass is 10.0. The third-order valence-corrected chi connectivity index (χ3v) is 5.08. The van der Waals surface area contributed by atoms with Crippen molar-refractivity contribution < 1.29 is 0 Å². The van der Waals surface area contributed by atoms with Gasteiger partial charge in [-0.3, -0.25) is 4.68 Å². The number of rotatable bonds is 4. The maximum atomic E-state index is 4.49. The largest absolute Gasteiger partial charge is 0.308 e. The Balaban J connectivity index is 2.17. The molecule has 0 N–H and O–H groups in total. The number of aromatic nitrogens is 2. The van der Waals surface area contributed by atoms with Crippen LogP contribution in [0.4, 0.5) is 0 Å². The average Bonchev–Trinajstić information content (AvgIpc) is 2.82. The predicted molar refractivity (Wildman–Crippen MR) is 77.8 cm³/mol. The molecule has 96 valence electrons. The molecular weight excluding hydrogens is 346 g/mol. The molecule has 1 heterocycles. The molecule has 1 fully saturated rings. The van der Waals surface area contributed by atoms with Crippen molar-refractivity contribution in [1.82, 2.24) is 14.7 Å². The monoisotopic (exact) mass is 363 g/mol. The summed E-state index contributed by atoms with van der Waals surface area (Å²) in [5.41, 5.74) is 1.37. The van der Waals surface area contributed by atoms with Crippen molar-refractivity contribution in [2.75, 3.05) is 20.6 Å². The highest BCUT2D eigenvalue weighted by Crippen LogP contribution is 2.41. The molecule has 3 nitrogen and oxygen atoms in total. The molecule has 0 spiro atoms. The molecule has 0 aromatic carbocycles. The van der Waals surface area contributed by atoms with E-state index in [0.717, 1.165) is 17.6 Å². The van der Waals surface area contributed by atoms with Gasteiger partial charge in [0.1, 0.15) is 0 Å². The van der Waals surface area contributed by atoms with Gasteiger partial charge in [0.15, 0.2) is 0 Å². The van der Waals surface area contributed by atoms with Crippen LogP contribution in [0.2, 0.25) is 0 Å². The van der Waals surface area contributed by atoms with Gasteiger partial charge < -0.3 is 4.90 Å². The lowest BCUT2D eigenvalue weighted by Gasteiger charge is -2.18. The van der Waals surface area contributed by atoms with Gasteiger partial charge in [-0.1, -0.05) is 22.4 Å². The number of alkyl halides is 1. The van der Waals surface area contributed by atoms with Gasteiger partial charge in [-0.05, 0) is 42.9 Å². The van der Waals surface area contributed by atoms with Crippen LogP contribution in [0.25, 0.3) is 0 Å². The Kier molecular flexibility index (Phi) is 4.66. The van der Waals surface area contributed by atoms with E-state index in [-0.39, 0.29) is 0 Å². The van der Waals surface area contributed by atoms with Crippen LogP contribution in [0.15, 0.2) is 10.7 Å². The molecule has 1 saturated carbocycles. The summed E-state index contributed by atoms with van der Waals surface area (Å²) in [7, 11) is 4.20. The molecule has 2 unspecified atom stereocenters. The van der Waals surface area contributed by atoms with Crippen LogP contribution in [0.3, 0.4) is 0 Å². The van der Waals surface area contributed by atoms with E-state index in [0.29, 0.717) is 10.7 Å². The number of hydrogen-bond acceptors (Lipinski definition) is 2. The van der Waals surface area contributed by atoms with Crippen molar-refractivity contribution in [2.45, 2.75) is 36.6 Å². The van der Waals surface area contributed by atoms with Gasteiger partial charge in [-0.15, -0.1) is 0 Å². The van der Waals surface area contributed by atoms with Crippen LogP contribution >= 0.6 is 31.9 Å². The van der Waals surface area contributed by atoms with Crippen molar-refractivity contribution in [3.05, 3.63) is 16.4 Å². The quantitative estimate of drug-likeness (QED) is 0.764. The second-order valence-electron chi connectivity index (χ2n) is 4.96. The minimum absolute atomic E-state index is 0.605.